The molecule has 0 N–H and O–H groups in total. The van der Waals surface area contributed by atoms with Gasteiger partial charge >= 0.3 is 5.84 Å². The van der Waals surface area contributed by atoms with Crippen LogP contribution in [0.4, 0.5) is 0 Å². The first-order chi connectivity index (χ1) is 5.24. The number of nitro groups is 1. The van der Waals surface area contributed by atoms with E-state index in [0.29, 0.717) is 6.61 Å². The summed E-state index contributed by atoms with van der Waals surface area (Å²) in [6.45, 7) is 2.19. The van der Waals surface area contributed by atoms with Gasteiger partial charge in [-0.15, -0.1) is 0 Å². The lowest BCUT2D eigenvalue weighted by Crippen LogP contribution is -2.05. The van der Waals surface area contributed by atoms with Crippen LogP contribution in [-0.2, 0) is 4.74 Å². The van der Waals surface area contributed by atoms with Gasteiger partial charge in [0.15, 0.2) is 0 Å². The van der Waals surface area contributed by atoms with Crippen LogP contribution in [0, 0.1) is 10.1 Å². The number of ether oxygens (including phenoxy) is 1. The Morgan fingerprint density at radius 1 is 1.82 bits per heavy atom. The Morgan fingerprint density at radius 2 is 2.55 bits per heavy atom. The van der Waals surface area contributed by atoms with Gasteiger partial charge in [-0.3, -0.25) is 0 Å². The second-order valence-electron chi connectivity index (χ2n) is 1.73. The van der Waals surface area contributed by atoms with Crippen molar-refractivity contribution in [1.82, 2.24) is 5.43 Å². The van der Waals surface area contributed by atoms with Crippen LogP contribution in [0.2, 0.25) is 0 Å². The summed E-state index contributed by atoms with van der Waals surface area (Å²) in [6.07, 6.45) is 1.18. The molecule has 1 aliphatic rings. The Kier molecular flexibility index (Phi) is 2.05. The predicted molar refractivity (Wildman–Crippen MR) is 36.3 cm³/mol. The molecule has 1 heterocycles. The van der Waals surface area contributed by atoms with E-state index in [9.17, 15) is 10.1 Å². The van der Waals surface area contributed by atoms with Crippen molar-refractivity contribution in [1.29, 1.82) is 0 Å². The molecule has 1 rings (SSSR count). The van der Waals surface area contributed by atoms with Crippen molar-refractivity contribution in [3.05, 3.63) is 22.1 Å². The van der Waals surface area contributed by atoms with E-state index in [4.69, 9.17) is 4.74 Å². The fourth-order valence-electron chi connectivity index (χ4n) is 0.576. The van der Waals surface area contributed by atoms with E-state index < -0.39 is 4.92 Å². The highest BCUT2D eigenvalue weighted by molar-refractivity contribution is 5.87. The smallest absolute Gasteiger partial charge is 0.396 e. The first-order valence-corrected chi connectivity index (χ1v) is 3.01. The quantitative estimate of drug-likeness (QED) is 0.419. The Labute approximate surface area is 62.7 Å². The molecule has 0 saturated carbocycles. The summed E-state index contributed by atoms with van der Waals surface area (Å²) < 4.78 is 4.86. The molecule has 0 unspecified atom stereocenters. The van der Waals surface area contributed by atoms with Crippen LogP contribution < -0.4 is 5.43 Å². The first kappa shape index (κ1) is 7.52. The van der Waals surface area contributed by atoms with Gasteiger partial charge in [0.05, 0.1) is 11.7 Å². The summed E-state index contributed by atoms with van der Waals surface area (Å²) >= 11 is 0. The number of nitrogens with zero attached hydrogens (tertiary/aromatic N) is 3. The highest BCUT2D eigenvalue weighted by Crippen LogP contribution is 2.03. The molecule has 0 amide bonds. The number of rotatable bonds is 2. The van der Waals surface area contributed by atoms with Gasteiger partial charge in [-0.05, 0) is 11.8 Å². The van der Waals surface area contributed by atoms with Crippen LogP contribution in [0.25, 0.3) is 0 Å². The zero-order chi connectivity index (χ0) is 8.27. The van der Waals surface area contributed by atoms with Crippen molar-refractivity contribution in [2.45, 2.75) is 6.92 Å². The summed E-state index contributed by atoms with van der Waals surface area (Å²) in [6, 6.07) is 0. The third kappa shape index (κ3) is 1.66. The molecule has 6 nitrogen and oxygen atoms in total. The second kappa shape index (κ2) is 3.00. The average Bonchev–Trinajstić information content (AvgIpc) is 2.37. The fraction of sp³-hybridized carbons (Fsp3) is 0.400. The first-order valence-electron chi connectivity index (χ1n) is 3.01. The molecule has 0 aromatic heterocycles. The van der Waals surface area contributed by atoms with Crippen LogP contribution in [0.3, 0.4) is 0 Å². The minimum Gasteiger partial charge on any atom is -0.475 e. The van der Waals surface area contributed by atoms with Crippen molar-refractivity contribution >= 4 is 5.84 Å². The maximum absolute atomic E-state index is 10.1. The zero-order valence-corrected chi connectivity index (χ0v) is 5.85. The molecule has 0 aromatic rings. The lowest BCUT2D eigenvalue weighted by molar-refractivity contribution is -0.348. The van der Waals surface area contributed by atoms with Gasteiger partial charge in [0.2, 0.25) is 0 Å². The van der Waals surface area contributed by atoms with Gasteiger partial charge in [-0.2, -0.15) is 0 Å². The second-order valence-corrected chi connectivity index (χ2v) is 1.73. The van der Waals surface area contributed by atoms with E-state index in [1.165, 1.54) is 6.08 Å². The minimum absolute atomic E-state index is 0.194. The monoisotopic (exact) mass is 156 g/mol. The molecule has 1 radical (unpaired) electrons. The van der Waals surface area contributed by atoms with E-state index in [-0.39, 0.29) is 11.7 Å². The molecule has 0 saturated heterocycles. The number of amidine groups is 1. The third-order valence-electron chi connectivity index (χ3n) is 0.983. The zero-order valence-electron chi connectivity index (χ0n) is 5.85. The van der Waals surface area contributed by atoms with E-state index in [0.717, 1.165) is 0 Å². The van der Waals surface area contributed by atoms with Gasteiger partial charge in [0.1, 0.15) is 6.08 Å². The average molecular weight is 156 g/mol. The molecule has 0 atom stereocenters. The molecule has 0 aromatic carbocycles. The Balaban J connectivity index is 2.56. The lowest BCUT2D eigenvalue weighted by atomic mass is 10.5. The molecule has 11 heavy (non-hydrogen) atoms. The minimum atomic E-state index is -0.616. The molecule has 0 fully saturated rings. The molecule has 59 valence electrons. The van der Waals surface area contributed by atoms with E-state index in [1.807, 2.05) is 0 Å². The number of hydrogen-bond donors (Lipinski definition) is 0. The van der Waals surface area contributed by atoms with Crippen molar-refractivity contribution in [3.8, 4) is 0 Å². The standard InChI is InChI=1S/C5H6N3O3/c1-2-11-5-3-4(6-7-5)8(9)10/h3H,2H2,1H3. The molecular formula is C5H6N3O3. The highest BCUT2D eigenvalue weighted by Gasteiger charge is 2.21. The Bertz CT molecular complexity index is 233. The van der Waals surface area contributed by atoms with Crippen LogP contribution in [0.5, 0.6) is 0 Å². The predicted octanol–water partition coefficient (Wildman–Crippen LogP) is 0.0725. The normalized spacial score (nSPS) is 15.0. The van der Waals surface area contributed by atoms with E-state index >= 15 is 0 Å². The van der Waals surface area contributed by atoms with Crippen LogP contribution in [-0.4, -0.2) is 17.4 Å². The van der Waals surface area contributed by atoms with Crippen molar-refractivity contribution in [2.24, 2.45) is 5.10 Å². The third-order valence-corrected chi connectivity index (χ3v) is 0.983. The molecule has 0 bridgehead atoms. The lowest BCUT2D eigenvalue weighted by Gasteiger charge is -1.94. The maximum atomic E-state index is 10.1. The number of hydrogen-bond acceptors (Lipinski definition) is 4. The van der Waals surface area contributed by atoms with Crippen LogP contribution in [0.15, 0.2) is 17.1 Å². The van der Waals surface area contributed by atoms with Crippen LogP contribution in [0.1, 0.15) is 6.92 Å². The Hall–Kier alpha value is -1.59. The molecule has 1 aliphatic heterocycles. The highest BCUT2D eigenvalue weighted by atomic mass is 16.6. The van der Waals surface area contributed by atoms with Gasteiger partial charge < -0.3 is 14.9 Å². The summed E-state index contributed by atoms with van der Waals surface area (Å²) in [5, 5.41) is 13.3. The topological polar surface area (TPSA) is 78.8 Å². The molecule has 0 aliphatic carbocycles. The summed E-state index contributed by atoms with van der Waals surface area (Å²) in [5.41, 5.74) is 3.41. The van der Waals surface area contributed by atoms with Crippen molar-refractivity contribution in [2.75, 3.05) is 6.61 Å². The maximum Gasteiger partial charge on any atom is 0.396 e. The molecular weight excluding hydrogens is 150 g/mol. The van der Waals surface area contributed by atoms with Crippen molar-refractivity contribution < 1.29 is 9.66 Å². The van der Waals surface area contributed by atoms with Crippen LogP contribution >= 0.6 is 0 Å². The fourth-order valence-corrected chi connectivity index (χ4v) is 0.576. The van der Waals surface area contributed by atoms with Crippen molar-refractivity contribution in [3.63, 3.8) is 0 Å². The Morgan fingerprint density at radius 3 is 3.00 bits per heavy atom. The van der Waals surface area contributed by atoms with Gasteiger partial charge in [0, 0.05) is 5.43 Å². The summed E-state index contributed by atoms with van der Waals surface area (Å²) in [7, 11) is 0. The molecule has 0 spiro atoms. The largest absolute Gasteiger partial charge is 0.475 e. The van der Waals surface area contributed by atoms with Gasteiger partial charge in [-0.25, -0.2) is 0 Å². The summed E-state index contributed by atoms with van der Waals surface area (Å²) in [5.74, 6) is -0.0901. The summed E-state index contributed by atoms with van der Waals surface area (Å²) in [4.78, 5) is 9.45. The van der Waals surface area contributed by atoms with E-state index in [1.54, 1.807) is 6.92 Å². The van der Waals surface area contributed by atoms with Gasteiger partial charge in [0.25, 0.3) is 5.88 Å². The SMILES string of the molecule is CCOC1=CC([N+](=O)[O-])=N[N]1. The van der Waals surface area contributed by atoms with Gasteiger partial charge in [-0.1, -0.05) is 0 Å². The van der Waals surface area contributed by atoms with E-state index in [2.05, 4.69) is 10.5 Å². The molecule has 6 heteroatoms.